The van der Waals surface area contributed by atoms with Crippen LogP contribution >= 0.6 is 0 Å². The number of hydrogen-bond acceptors (Lipinski definition) is 2. The molecular weight excluding hydrogens is 138 g/mol. The number of fused-ring (bicyclic) bond motifs is 2. The molecule has 1 saturated carbocycles. The highest BCUT2D eigenvalue weighted by Gasteiger charge is 2.33. The fourth-order valence-electron chi connectivity index (χ4n) is 2.54. The maximum Gasteiger partial charge on any atom is 0.0557 e. The van der Waals surface area contributed by atoms with Gasteiger partial charge >= 0.3 is 0 Å². The van der Waals surface area contributed by atoms with E-state index in [1.807, 2.05) is 0 Å². The lowest BCUT2D eigenvalue weighted by Crippen LogP contribution is -2.46. The minimum absolute atomic E-state index is 0.0125. The predicted molar refractivity (Wildman–Crippen MR) is 44.4 cm³/mol. The molecule has 3 unspecified atom stereocenters. The molecule has 2 aliphatic rings. The summed E-state index contributed by atoms with van der Waals surface area (Å²) in [7, 11) is 2.18. The molecule has 1 N–H and O–H groups in total. The zero-order valence-electron chi connectivity index (χ0n) is 7.16. The highest BCUT2D eigenvalue weighted by molar-refractivity contribution is 4.87. The summed E-state index contributed by atoms with van der Waals surface area (Å²) < 4.78 is 0. The summed E-state index contributed by atoms with van der Waals surface area (Å²) in [6, 6.07) is 0.678. The Morgan fingerprint density at radius 2 is 2.09 bits per heavy atom. The van der Waals surface area contributed by atoms with Crippen LogP contribution in [-0.2, 0) is 0 Å². The topological polar surface area (TPSA) is 23.5 Å². The van der Waals surface area contributed by atoms with Gasteiger partial charge in [-0.2, -0.15) is 0 Å². The average Bonchev–Trinajstić information content (AvgIpc) is 1.97. The first kappa shape index (κ1) is 7.56. The predicted octanol–water partition coefficient (Wildman–Crippen LogP) is 0.851. The van der Waals surface area contributed by atoms with Crippen molar-refractivity contribution in [2.24, 2.45) is 5.92 Å². The van der Waals surface area contributed by atoms with Crippen LogP contribution in [-0.4, -0.2) is 35.7 Å². The minimum atomic E-state index is -0.0125. The number of hydrogen-bond donors (Lipinski definition) is 1. The molecule has 0 amide bonds. The third-order valence-electron chi connectivity index (χ3n) is 3.27. The summed E-state index contributed by atoms with van der Waals surface area (Å²) in [6.07, 6.45) is 4.68. The van der Waals surface area contributed by atoms with Crippen molar-refractivity contribution < 1.29 is 5.11 Å². The lowest BCUT2D eigenvalue weighted by atomic mass is 9.78. The molecular formula is C9H17NO. The first-order valence-electron chi connectivity index (χ1n) is 4.64. The number of aliphatic hydroxyl groups is 1. The van der Waals surface area contributed by atoms with Gasteiger partial charge in [0.2, 0.25) is 0 Å². The molecule has 2 fully saturated rings. The molecule has 0 aromatic rings. The van der Waals surface area contributed by atoms with E-state index >= 15 is 0 Å². The zero-order chi connectivity index (χ0) is 7.84. The van der Waals surface area contributed by atoms with E-state index in [0.29, 0.717) is 6.04 Å². The quantitative estimate of drug-likeness (QED) is 0.560. The van der Waals surface area contributed by atoms with Gasteiger partial charge in [-0.25, -0.2) is 0 Å². The van der Waals surface area contributed by atoms with Gasteiger partial charge in [0, 0.05) is 6.04 Å². The van der Waals surface area contributed by atoms with Crippen LogP contribution in [0.15, 0.2) is 0 Å². The SMILES string of the molecule is CN1CCC2CC(O)CC1C2. The van der Waals surface area contributed by atoms with E-state index in [-0.39, 0.29) is 6.10 Å². The highest BCUT2D eigenvalue weighted by atomic mass is 16.3. The van der Waals surface area contributed by atoms with Gasteiger partial charge in [-0.1, -0.05) is 0 Å². The standard InChI is InChI=1S/C9H17NO/c1-10-3-2-7-4-8(10)6-9(11)5-7/h7-9,11H,2-6H2,1H3. The number of aliphatic hydroxyl groups excluding tert-OH is 1. The Bertz CT molecular complexity index is 146. The van der Waals surface area contributed by atoms with E-state index < -0.39 is 0 Å². The van der Waals surface area contributed by atoms with Crippen molar-refractivity contribution in [3.05, 3.63) is 0 Å². The Kier molecular flexibility index (Phi) is 1.90. The summed E-state index contributed by atoms with van der Waals surface area (Å²) in [5.41, 5.74) is 0. The van der Waals surface area contributed by atoms with E-state index in [1.54, 1.807) is 0 Å². The van der Waals surface area contributed by atoms with Gasteiger partial charge in [0.25, 0.3) is 0 Å². The van der Waals surface area contributed by atoms with Gasteiger partial charge in [0.1, 0.15) is 0 Å². The lowest BCUT2D eigenvalue weighted by Gasteiger charge is -2.42. The molecule has 11 heavy (non-hydrogen) atoms. The number of nitrogens with zero attached hydrogens (tertiary/aromatic N) is 1. The molecule has 0 spiro atoms. The Labute approximate surface area is 68.2 Å². The third-order valence-corrected chi connectivity index (χ3v) is 3.27. The largest absolute Gasteiger partial charge is 0.393 e. The van der Waals surface area contributed by atoms with E-state index in [2.05, 4.69) is 11.9 Å². The molecule has 1 aliphatic carbocycles. The summed E-state index contributed by atoms with van der Waals surface area (Å²) in [6.45, 7) is 1.24. The van der Waals surface area contributed by atoms with E-state index in [9.17, 15) is 5.11 Å². The first-order chi connectivity index (χ1) is 5.25. The van der Waals surface area contributed by atoms with Crippen molar-refractivity contribution in [1.82, 2.24) is 4.90 Å². The number of piperidine rings is 1. The minimum Gasteiger partial charge on any atom is -0.393 e. The molecule has 64 valence electrons. The van der Waals surface area contributed by atoms with Crippen molar-refractivity contribution in [2.75, 3.05) is 13.6 Å². The molecule has 2 bridgehead atoms. The molecule has 0 aromatic heterocycles. The Hall–Kier alpha value is -0.0800. The van der Waals surface area contributed by atoms with E-state index in [4.69, 9.17) is 0 Å². The highest BCUT2D eigenvalue weighted by Crippen LogP contribution is 2.33. The van der Waals surface area contributed by atoms with Gasteiger partial charge in [-0.15, -0.1) is 0 Å². The van der Waals surface area contributed by atoms with Crippen LogP contribution in [0.1, 0.15) is 25.7 Å². The fraction of sp³-hybridized carbons (Fsp3) is 1.00. The van der Waals surface area contributed by atoms with Crippen molar-refractivity contribution in [3.63, 3.8) is 0 Å². The zero-order valence-corrected chi connectivity index (χ0v) is 7.16. The van der Waals surface area contributed by atoms with Crippen molar-refractivity contribution in [3.8, 4) is 0 Å². The van der Waals surface area contributed by atoms with Crippen molar-refractivity contribution >= 4 is 0 Å². The molecule has 0 aromatic carbocycles. The lowest BCUT2D eigenvalue weighted by molar-refractivity contribution is 0.0117. The van der Waals surface area contributed by atoms with Crippen LogP contribution in [0.2, 0.25) is 0 Å². The van der Waals surface area contributed by atoms with Gasteiger partial charge in [0.15, 0.2) is 0 Å². The van der Waals surface area contributed by atoms with Crippen LogP contribution in [0.5, 0.6) is 0 Å². The van der Waals surface area contributed by atoms with Gasteiger partial charge < -0.3 is 10.0 Å². The third kappa shape index (κ3) is 1.42. The first-order valence-corrected chi connectivity index (χ1v) is 4.64. The second-order valence-corrected chi connectivity index (χ2v) is 4.15. The summed E-state index contributed by atoms with van der Waals surface area (Å²) >= 11 is 0. The smallest absolute Gasteiger partial charge is 0.0557 e. The van der Waals surface area contributed by atoms with Gasteiger partial charge in [-0.3, -0.25) is 0 Å². The normalized spacial score (nSPS) is 45.8. The maximum atomic E-state index is 9.51. The molecule has 2 heteroatoms. The maximum absolute atomic E-state index is 9.51. The molecule has 1 heterocycles. The molecule has 3 atom stereocenters. The van der Waals surface area contributed by atoms with Gasteiger partial charge in [-0.05, 0) is 45.2 Å². The van der Waals surface area contributed by atoms with Gasteiger partial charge in [0.05, 0.1) is 6.10 Å². The Morgan fingerprint density at radius 3 is 2.91 bits per heavy atom. The van der Waals surface area contributed by atoms with Crippen molar-refractivity contribution in [2.45, 2.75) is 37.8 Å². The summed E-state index contributed by atoms with van der Waals surface area (Å²) in [5, 5.41) is 9.51. The van der Waals surface area contributed by atoms with E-state index in [0.717, 1.165) is 18.8 Å². The monoisotopic (exact) mass is 155 g/mol. The summed E-state index contributed by atoms with van der Waals surface area (Å²) in [5.74, 6) is 0.819. The number of likely N-dealkylation sites (tertiary alicyclic amines) is 1. The molecule has 1 saturated heterocycles. The Balaban J connectivity index is 2.02. The van der Waals surface area contributed by atoms with Crippen LogP contribution in [0.4, 0.5) is 0 Å². The number of rotatable bonds is 0. The van der Waals surface area contributed by atoms with Crippen molar-refractivity contribution in [1.29, 1.82) is 0 Å². The average molecular weight is 155 g/mol. The van der Waals surface area contributed by atoms with E-state index in [1.165, 1.54) is 19.4 Å². The fourth-order valence-corrected chi connectivity index (χ4v) is 2.54. The van der Waals surface area contributed by atoms with Crippen LogP contribution in [0, 0.1) is 5.92 Å². The summed E-state index contributed by atoms with van der Waals surface area (Å²) in [4.78, 5) is 2.40. The molecule has 1 aliphatic heterocycles. The van der Waals surface area contributed by atoms with Crippen LogP contribution < -0.4 is 0 Å². The Morgan fingerprint density at radius 1 is 1.27 bits per heavy atom. The molecule has 2 rings (SSSR count). The van der Waals surface area contributed by atoms with Crippen LogP contribution in [0.3, 0.4) is 0 Å². The molecule has 0 radical (unpaired) electrons. The second-order valence-electron chi connectivity index (χ2n) is 4.15. The molecule has 2 nitrogen and oxygen atoms in total. The second kappa shape index (κ2) is 2.76. The van der Waals surface area contributed by atoms with Crippen LogP contribution in [0.25, 0.3) is 0 Å².